The van der Waals surface area contributed by atoms with Crippen LogP contribution in [0.5, 0.6) is 5.75 Å². The summed E-state index contributed by atoms with van der Waals surface area (Å²) in [5.41, 5.74) is 1.15. The minimum atomic E-state index is -0.430. The molecular weight excluding hydrogens is 296 g/mol. The number of imide groups is 1. The van der Waals surface area contributed by atoms with E-state index in [4.69, 9.17) is 4.74 Å². The van der Waals surface area contributed by atoms with E-state index in [1.807, 2.05) is 0 Å². The summed E-state index contributed by atoms with van der Waals surface area (Å²) in [5.74, 6) is -0.790. The van der Waals surface area contributed by atoms with Gasteiger partial charge in [0.2, 0.25) is 0 Å². The number of fused-ring (bicyclic) bond motifs is 1. The topological polar surface area (TPSA) is 75.7 Å². The smallest absolute Gasteiger partial charge is 0.263 e. The first kappa shape index (κ1) is 14.8. The molecule has 0 fully saturated rings. The van der Waals surface area contributed by atoms with E-state index >= 15 is 0 Å². The molecule has 1 aliphatic heterocycles. The average molecular weight is 310 g/mol. The van der Waals surface area contributed by atoms with E-state index in [1.165, 1.54) is 14.2 Å². The lowest BCUT2D eigenvalue weighted by molar-refractivity contribution is 0.0693. The molecule has 0 unspecified atom stereocenters. The van der Waals surface area contributed by atoms with E-state index in [0.29, 0.717) is 17.0 Å². The van der Waals surface area contributed by atoms with Crippen molar-refractivity contribution in [1.82, 2.24) is 4.90 Å². The van der Waals surface area contributed by atoms with Gasteiger partial charge in [0.15, 0.2) is 0 Å². The summed E-state index contributed by atoms with van der Waals surface area (Å²) in [6.45, 7) is 0. The number of ether oxygens (including phenoxy) is 1. The molecule has 6 heteroatoms. The third-order valence-electron chi connectivity index (χ3n) is 3.72. The van der Waals surface area contributed by atoms with Gasteiger partial charge < -0.3 is 10.1 Å². The molecule has 116 valence electrons. The zero-order valence-electron chi connectivity index (χ0n) is 12.6. The van der Waals surface area contributed by atoms with Crippen molar-refractivity contribution in [3.8, 4) is 5.75 Å². The molecular formula is C17H14N2O4. The van der Waals surface area contributed by atoms with Crippen molar-refractivity contribution in [2.24, 2.45) is 0 Å². The van der Waals surface area contributed by atoms with Crippen molar-refractivity contribution in [2.45, 2.75) is 0 Å². The van der Waals surface area contributed by atoms with Crippen molar-refractivity contribution in [3.63, 3.8) is 0 Å². The zero-order chi connectivity index (χ0) is 16.6. The number of benzene rings is 2. The Kier molecular flexibility index (Phi) is 3.57. The fraction of sp³-hybridized carbons (Fsp3) is 0.118. The molecule has 2 aromatic rings. The molecule has 0 saturated carbocycles. The molecule has 0 saturated heterocycles. The van der Waals surface area contributed by atoms with E-state index in [0.717, 1.165) is 4.90 Å². The van der Waals surface area contributed by atoms with Crippen molar-refractivity contribution in [3.05, 3.63) is 59.2 Å². The standard InChI is InChI=1S/C17H14N2O4/c1-19-16(21)11-7-5-8-12(14(11)17(19)22)18-15(20)10-6-3-4-9-13(10)23-2/h3-9H,1-2H3,(H,18,20). The Labute approximate surface area is 132 Å². The molecule has 0 bridgehead atoms. The van der Waals surface area contributed by atoms with Crippen LogP contribution >= 0.6 is 0 Å². The normalized spacial score (nSPS) is 13.0. The van der Waals surface area contributed by atoms with Gasteiger partial charge in [0.1, 0.15) is 5.75 Å². The summed E-state index contributed by atoms with van der Waals surface area (Å²) in [4.78, 5) is 37.7. The van der Waals surface area contributed by atoms with Crippen LogP contribution in [0, 0.1) is 0 Å². The highest BCUT2D eigenvalue weighted by Crippen LogP contribution is 2.29. The quantitative estimate of drug-likeness (QED) is 0.882. The molecule has 3 rings (SSSR count). The predicted molar refractivity (Wildman–Crippen MR) is 83.8 cm³/mol. The third kappa shape index (κ3) is 2.34. The number of hydrogen-bond donors (Lipinski definition) is 1. The minimum Gasteiger partial charge on any atom is -0.496 e. The first-order valence-corrected chi connectivity index (χ1v) is 6.94. The monoisotopic (exact) mass is 310 g/mol. The highest BCUT2D eigenvalue weighted by molar-refractivity contribution is 6.24. The summed E-state index contributed by atoms with van der Waals surface area (Å²) in [6.07, 6.45) is 0. The number of nitrogens with one attached hydrogen (secondary N) is 1. The molecule has 0 atom stereocenters. The molecule has 0 aromatic heterocycles. The van der Waals surface area contributed by atoms with Crippen LogP contribution in [0.15, 0.2) is 42.5 Å². The van der Waals surface area contributed by atoms with Gasteiger partial charge in [-0.3, -0.25) is 19.3 Å². The second kappa shape index (κ2) is 5.57. The Bertz CT molecular complexity index is 829. The number of nitrogens with zero attached hydrogens (tertiary/aromatic N) is 1. The van der Waals surface area contributed by atoms with E-state index < -0.39 is 11.8 Å². The minimum absolute atomic E-state index is 0.211. The van der Waals surface area contributed by atoms with Gasteiger partial charge in [-0.1, -0.05) is 18.2 Å². The molecule has 0 spiro atoms. The van der Waals surface area contributed by atoms with Gasteiger partial charge in [-0.05, 0) is 24.3 Å². The number of methoxy groups -OCH3 is 1. The highest BCUT2D eigenvalue weighted by atomic mass is 16.5. The summed E-state index contributed by atoms with van der Waals surface area (Å²) < 4.78 is 5.16. The fourth-order valence-electron chi connectivity index (χ4n) is 2.53. The van der Waals surface area contributed by atoms with Gasteiger partial charge >= 0.3 is 0 Å². The molecule has 23 heavy (non-hydrogen) atoms. The maximum absolute atomic E-state index is 12.5. The van der Waals surface area contributed by atoms with E-state index in [2.05, 4.69) is 5.32 Å². The van der Waals surface area contributed by atoms with Crippen molar-refractivity contribution < 1.29 is 19.1 Å². The van der Waals surface area contributed by atoms with Crippen LogP contribution in [0.2, 0.25) is 0 Å². The molecule has 6 nitrogen and oxygen atoms in total. The molecule has 3 amide bonds. The molecule has 2 aromatic carbocycles. The van der Waals surface area contributed by atoms with Crippen LogP contribution < -0.4 is 10.1 Å². The van der Waals surface area contributed by atoms with Crippen molar-refractivity contribution in [2.75, 3.05) is 19.5 Å². The summed E-state index contributed by atoms with van der Waals surface area (Å²) in [7, 11) is 2.89. The lowest BCUT2D eigenvalue weighted by Gasteiger charge is -2.11. The highest BCUT2D eigenvalue weighted by Gasteiger charge is 2.35. The van der Waals surface area contributed by atoms with Crippen LogP contribution in [-0.4, -0.2) is 36.8 Å². The molecule has 1 aliphatic rings. The Morgan fingerprint density at radius 1 is 1.04 bits per heavy atom. The molecule has 1 N–H and O–H groups in total. The summed E-state index contributed by atoms with van der Waals surface area (Å²) in [6, 6.07) is 11.6. The van der Waals surface area contributed by atoms with Crippen LogP contribution in [-0.2, 0) is 0 Å². The fourth-order valence-corrected chi connectivity index (χ4v) is 2.53. The maximum atomic E-state index is 12.5. The largest absolute Gasteiger partial charge is 0.496 e. The SMILES string of the molecule is COc1ccccc1C(=O)Nc1cccc2c1C(=O)N(C)C2=O. The van der Waals surface area contributed by atoms with Gasteiger partial charge in [-0.25, -0.2) is 0 Å². The second-order valence-corrected chi connectivity index (χ2v) is 5.05. The Morgan fingerprint density at radius 3 is 2.52 bits per heavy atom. The summed E-state index contributed by atoms with van der Waals surface area (Å²) in [5, 5.41) is 2.69. The van der Waals surface area contributed by atoms with Crippen LogP contribution in [0.1, 0.15) is 31.1 Å². The van der Waals surface area contributed by atoms with Gasteiger partial charge in [-0.2, -0.15) is 0 Å². The third-order valence-corrected chi connectivity index (χ3v) is 3.72. The predicted octanol–water partition coefficient (Wildman–Crippen LogP) is 2.17. The molecule has 0 radical (unpaired) electrons. The number of hydrogen-bond acceptors (Lipinski definition) is 4. The van der Waals surface area contributed by atoms with E-state index in [-0.39, 0.29) is 17.0 Å². The van der Waals surface area contributed by atoms with Crippen LogP contribution in [0.4, 0.5) is 5.69 Å². The van der Waals surface area contributed by atoms with Crippen LogP contribution in [0.25, 0.3) is 0 Å². The Balaban J connectivity index is 1.98. The van der Waals surface area contributed by atoms with Crippen molar-refractivity contribution >= 4 is 23.4 Å². The number of anilines is 1. The molecule has 0 aliphatic carbocycles. The number of carbonyl (C=O) groups is 3. The van der Waals surface area contributed by atoms with Gasteiger partial charge in [0.25, 0.3) is 17.7 Å². The average Bonchev–Trinajstić information content (AvgIpc) is 2.80. The molecule has 1 heterocycles. The number of rotatable bonds is 3. The zero-order valence-corrected chi connectivity index (χ0v) is 12.6. The number of amides is 3. The van der Waals surface area contributed by atoms with Gasteiger partial charge in [0.05, 0.1) is 29.5 Å². The number of carbonyl (C=O) groups excluding carboxylic acids is 3. The lowest BCUT2D eigenvalue weighted by Crippen LogP contribution is -2.24. The van der Waals surface area contributed by atoms with Crippen LogP contribution in [0.3, 0.4) is 0 Å². The number of para-hydroxylation sites is 1. The van der Waals surface area contributed by atoms with E-state index in [1.54, 1.807) is 42.5 Å². The first-order valence-electron chi connectivity index (χ1n) is 6.94. The lowest BCUT2D eigenvalue weighted by atomic mass is 10.1. The van der Waals surface area contributed by atoms with Gasteiger partial charge in [-0.15, -0.1) is 0 Å². The maximum Gasteiger partial charge on any atom is 0.263 e. The van der Waals surface area contributed by atoms with Crippen molar-refractivity contribution in [1.29, 1.82) is 0 Å². The van der Waals surface area contributed by atoms with Gasteiger partial charge in [0, 0.05) is 7.05 Å². The first-order chi connectivity index (χ1) is 11.0. The Hall–Kier alpha value is -3.15. The summed E-state index contributed by atoms with van der Waals surface area (Å²) >= 11 is 0. The second-order valence-electron chi connectivity index (χ2n) is 5.05. The Morgan fingerprint density at radius 2 is 1.78 bits per heavy atom. The van der Waals surface area contributed by atoms with E-state index in [9.17, 15) is 14.4 Å².